The number of fused-ring (bicyclic) bond motifs is 1. The van der Waals surface area contributed by atoms with Gasteiger partial charge in [-0.15, -0.1) is 11.3 Å². The molecule has 1 aromatic heterocycles. The summed E-state index contributed by atoms with van der Waals surface area (Å²) in [4.78, 5) is 15.3. The van der Waals surface area contributed by atoms with Gasteiger partial charge in [0.2, 0.25) is 0 Å². The minimum absolute atomic E-state index is 0.0104. The Kier molecular flexibility index (Phi) is 2.47. The van der Waals surface area contributed by atoms with Crippen molar-refractivity contribution in [2.75, 3.05) is 0 Å². The van der Waals surface area contributed by atoms with Crippen LogP contribution < -0.4 is 0 Å². The number of para-hydroxylation sites is 1. The SMILES string of the molecule is CC(=O)/C(=N/O)c1nc2ccccc2s1. The van der Waals surface area contributed by atoms with E-state index in [9.17, 15) is 4.79 Å². The van der Waals surface area contributed by atoms with Crippen molar-refractivity contribution in [2.24, 2.45) is 5.16 Å². The zero-order valence-electron chi connectivity index (χ0n) is 7.97. The molecule has 0 unspecified atom stereocenters. The van der Waals surface area contributed by atoms with Crippen molar-refractivity contribution in [3.8, 4) is 0 Å². The number of Topliss-reactive ketones (excluding diaryl/α,β-unsaturated/α-hetero) is 1. The summed E-state index contributed by atoms with van der Waals surface area (Å²) in [5.41, 5.74) is 0.816. The van der Waals surface area contributed by atoms with Gasteiger partial charge in [0.1, 0.15) is 5.01 Å². The van der Waals surface area contributed by atoms with Crippen LogP contribution in [0.2, 0.25) is 0 Å². The highest BCUT2D eigenvalue weighted by Gasteiger charge is 2.14. The molecule has 4 nitrogen and oxygen atoms in total. The molecule has 0 bridgehead atoms. The normalized spacial score (nSPS) is 11.9. The van der Waals surface area contributed by atoms with Crippen LogP contribution in [0, 0.1) is 0 Å². The fourth-order valence-corrected chi connectivity index (χ4v) is 2.24. The smallest absolute Gasteiger partial charge is 0.184 e. The maximum absolute atomic E-state index is 11.1. The number of nitrogens with zero attached hydrogens (tertiary/aromatic N) is 2. The van der Waals surface area contributed by atoms with E-state index in [0.717, 1.165) is 10.2 Å². The summed E-state index contributed by atoms with van der Waals surface area (Å²) in [5.74, 6) is -0.295. The first kappa shape index (κ1) is 9.79. The zero-order valence-corrected chi connectivity index (χ0v) is 8.78. The number of aromatic nitrogens is 1. The van der Waals surface area contributed by atoms with Gasteiger partial charge in [-0.05, 0) is 12.1 Å². The second-order valence-corrected chi connectivity index (χ2v) is 4.02. The van der Waals surface area contributed by atoms with Gasteiger partial charge in [0.05, 0.1) is 10.2 Å². The van der Waals surface area contributed by atoms with E-state index in [2.05, 4.69) is 10.1 Å². The molecule has 0 aliphatic heterocycles. The van der Waals surface area contributed by atoms with Gasteiger partial charge in [0.15, 0.2) is 11.5 Å². The van der Waals surface area contributed by atoms with E-state index in [1.807, 2.05) is 24.3 Å². The van der Waals surface area contributed by atoms with Gasteiger partial charge in [-0.1, -0.05) is 17.3 Å². The van der Waals surface area contributed by atoms with Crippen molar-refractivity contribution in [3.05, 3.63) is 29.3 Å². The van der Waals surface area contributed by atoms with E-state index in [1.54, 1.807) is 0 Å². The van der Waals surface area contributed by atoms with Gasteiger partial charge < -0.3 is 5.21 Å². The highest BCUT2D eigenvalue weighted by atomic mass is 32.1. The monoisotopic (exact) mass is 220 g/mol. The minimum Gasteiger partial charge on any atom is -0.410 e. The quantitative estimate of drug-likeness (QED) is 0.478. The summed E-state index contributed by atoms with van der Waals surface area (Å²) >= 11 is 1.34. The molecular formula is C10H8N2O2S. The number of hydrogen-bond acceptors (Lipinski definition) is 5. The Bertz CT molecular complexity index is 512. The molecule has 0 saturated carbocycles. The molecule has 1 aromatic carbocycles. The Labute approximate surface area is 89.9 Å². The van der Waals surface area contributed by atoms with Crippen LogP contribution in [0.1, 0.15) is 11.9 Å². The lowest BCUT2D eigenvalue weighted by Crippen LogP contribution is -2.10. The first-order valence-electron chi connectivity index (χ1n) is 4.31. The summed E-state index contributed by atoms with van der Waals surface area (Å²) in [6.45, 7) is 1.35. The summed E-state index contributed by atoms with van der Waals surface area (Å²) in [7, 11) is 0. The van der Waals surface area contributed by atoms with E-state index >= 15 is 0 Å². The average Bonchev–Trinajstić information content (AvgIpc) is 2.61. The lowest BCUT2D eigenvalue weighted by Gasteiger charge is -1.91. The molecule has 0 radical (unpaired) electrons. The maximum atomic E-state index is 11.1. The van der Waals surface area contributed by atoms with Crippen LogP contribution in [-0.4, -0.2) is 21.7 Å². The topological polar surface area (TPSA) is 62.5 Å². The number of rotatable bonds is 2. The predicted molar refractivity (Wildman–Crippen MR) is 58.6 cm³/mol. The van der Waals surface area contributed by atoms with Crippen LogP contribution in [0.3, 0.4) is 0 Å². The summed E-state index contributed by atoms with van der Waals surface area (Å²) in [5, 5.41) is 12.1. The van der Waals surface area contributed by atoms with E-state index in [0.29, 0.717) is 5.01 Å². The van der Waals surface area contributed by atoms with Crippen molar-refractivity contribution in [1.82, 2.24) is 4.98 Å². The first-order valence-corrected chi connectivity index (χ1v) is 5.13. The molecule has 0 fully saturated rings. The Morgan fingerprint density at radius 2 is 2.20 bits per heavy atom. The zero-order chi connectivity index (χ0) is 10.8. The van der Waals surface area contributed by atoms with Gasteiger partial charge >= 0.3 is 0 Å². The second kappa shape index (κ2) is 3.78. The maximum Gasteiger partial charge on any atom is 0.184 e. The molecule has 0 aliphatic rings. The molecule has 1 N–H and O–H groups in total. The molecule has 2 aromatic rings. The Morgan fingerprint density at radius 3 is 2.80 bits per heavy atom. The molecule has 5 heteroatoms. The molecular weight excluding hydrogens is 212 g/mol. The van der Waals surface area contributed by atoms with Gasteiger partial charge in [-0.2, -0.15) is 0 Å². The van der Waals surface area contributed by atoms with Gasteiger partial charge in [0.25, 0.3) is 0 Å². The molecule has 0 saturated heterocycles. The van der Waals surface area contributed by atoms with Crippen LogP contribution in [-0.2, 0) is 4.79 Å². The second-order valence-electron chi connectivity index (χ2n) is 2.99. The molecule has 2 rings (SSSR count). The van der Waals surface area contributed by atoms with Crippen LogP contribution in [0.25, 0.3) is 10.2 Å². The molecule has 0 atom stereocenters. The van der Waals surface area contributed by atoms with Crippen LogP contribution in [0.4, 0.5) is 0 Å². The van der Waals surface area contributed by atoms with Gasteiger partial charge in [-0.25, -0.2) is 4.98 Å². The minimum atomic E-state index is -0.295. The molecule has 15 heavy (non-hydrogen) atoms. The standard InChI is InChI=1S/C10H8N2O2S/c1-6(13)9(12-14)10-11-7-4-2-3-5-8(7)15-10/h2-5,14H,1H3/b12-9-. The molecule has 0 spiro atoms. The number of oxime groups is 1. The largest absolute Gasteiger partial charge is 0.410 e. The summed E-state index contributed by atoms with van der Waals surface area (Å²) in [6, 6.07) is 7.53. The van der Waals surface area contributed by atoms with Gasteiger partial charge in [-0.3, -0.25) is 4.79 Å². The van der Waals surface area contributed by atoms with Crippen LogP contribution in [0.5, 0.6) is 0 Å². The lowest BCUT2D eigenvalue weighted by molar-refractivity contribution is -0.111. The fraction of sp³-hybridized carbons (Fsp3) is 0.100. The lowest BCUT2D eigenvalue weighted by atomic mass is 10.3. The molecule has 0 amide bonds. The molecule has 76 valence electrons. The average molecular weight is 220 g/mol. The van der Waals surface area contributed by atoms with Crippen molar-refractivity contribution >= 4 is 33.0 Å². The molecule has 1 heterocycles. The van der Waals surface area contributed by atoms with E-state index in [4.69, 9.17) is 5.21 Å². The highest BCUT2D eigenvalue weighted by molar-refractivity contribution is 7.21. The van der Waals surface area contributed by atoms with Crippen molar-refractivity contribution in [2.45, 2.75) is 6.92 Å². The Balaban J connectivity index is 2.58. The Morgan fingerprint density at radius 1 is 1.47 bits per heavy atom. The third-order valence-electron chi connectivity index (χ3n) is 1.93. The van der Waals surface area contributed by atoms with E-state index in [1.165, 1.54) is 18.3 Å². The van der Waals surface area contributed by atoms with Crippen molar-refractivity contribution in [3.63, 3.8) is 0 Å². The molecule has 0 aliphatic carbocycles. The number of carbonyl (C=O) groups excluding carboxylic acids is 1. The number of carbonyl (C=O) groups is 1. The third-order valence-corrected chi connectivity index (χ3v) is 2.97. The van der Waals surface area contributed by atoms with Gasteiger partial charge in [0, 0.05) is 6.92 Å². The summed E-state index contributed by atoms with van der Waals surface area (Å²) in [6.07, 6.45) is 0. The van der Waals surface area contributed by atoms with E-state index < -0.39 is 0 Å². The fourth-order valence-electron chi connectivity index (χ4n) is 1.24. The van der Waals surface area contributed by atoms with Crippen LogP contribution in [0.15, 0.2) is 29.4 Å². The number of ketones is 1. The highest BCUT2D eigenvalue weighted by Crippen LogP contribution is 2.22. The number of hydrogen-bond donors (Lipinski definition) is 1. The Hall–Kier alpha value is -1.75. The number of benzene rings is 1. The predicted octanol–water partition coefficient (Wildman–Crippen LogP) is 2.06. The summed E-state index contributed by atoms with van der Waals surface area (Å²) < 4.78 is 0.968. The van der Waals surface area contributed by atoms with Crippen LogP contribution >= 0.6 is 11.3 Å². The van der Waals surface area contributed by atoms with Crippen molar-refractivity contribution < 1.29 is 10.0 Å². The number of thiazole rings is 1. The first-order chi connectivity index (χ1) is 7.22. The third kappa shape index (κ3) is 1.73. The van der Waals surface area contributed by atoms with E-state index in [-0.39, 0.29) is 11.5 Å². The van der Waals surface area contributed by atoms with Crippen molar-refractivity contribution in [1.29, 1.82) is 0 Å².